The molecule has 0 unspecified atom stereocenters. The van der Waals surface area contributed by atoms with Crippen molar-refractivity contribution in [2.45, 2.75) is 45.3 Å². The molecule has 1 amide bonds. The van der Waals surface area contributed by atoms with Gasteiger partial charge in [0.2, 0.25) is 5.91 Å². The number of anilines is 1. The minimum Gasteiger partial charge on any atom is -0.325 e. The molecule has 1 aromatic carbocycles. The molecule has 1 aromatic heterocycles. The summed E-state index contributed by atoms with van der Waals surface area (Å²) in [7, 11) is 0. The van der Waals surface area contributed by atoms with Crippen LogP contribution < -0.4 is 5.32 Å². The van der Waals surface area contributed by atoms with Gasteiger partial charge in [0.1, 0.15) is 5.82 Å². The lowest BCUT2D eigenvalue weighted by Crippen LogP contribution is -2.16. The van der Waals surface area contributed by atoms with Crippen molar-refractivity contribution in [1.29, 1.82) is 0 Å². The summed E-state index contributed by atoms with van der Waals surface area (Å²) in [5, 5.41) is 11.9. The van der Waals surface area contributed by atoms with E-state index in [4.69, 9.17) is 0 Å². The zero-order chi connectivity index (χ0) is 16.1. The average Bonchev–Trinajstić information content (AvgIpc) is 2.85. The quantitative estimate of drug-likeness (QED) is 0.829. The maximum atomic E-state index is 12.2. The first-order chi connectivity index (χ1) is 10.5. The highest BCUT2D eigenvalue weighted by Crippen LogP contribution is 2.24. The van der Waals surface area contributed by atoms with E-state index >= 15 is 0 Å². The number of hydrogen-bond acceptors (Lipinski definition) is 4. The van der Waals surface area contributed by atoms with Crippen LogP contribution in [0, 0.1) is 6.92 Å². The van der Waals surface area contributed by atoms with E-state index in [0.29, 0.717) is 11.7 Å². The van der Waals surface area contributed by atoms with Crippen LogP contribution in [-0.4, -0.2) is 26.4 Å². The van der Waals surface area contributed by atoms with Gasteiger partial charge in [-0.1, -0.05) is 43.8 Å². The summed E-state index contributed by atoms with van der Waals surface area (Å²) < 4.78 is 2.00. The summed E-state index contributed by atoms with van der Waals surface area (Å²) in [4.78, 5) is 12.2. The molecular formula is C16H22N4OS. The second-order valence-corrected chi connectivity index (χ2v) is 6.30. The molecule has 0 aliphatic carbocycles. The highest BCUT2D eigenvalue weighted by molar-refractivity contribution is 7.99. The number of aromatic nitrogens is 3. The molecule has 22 heavy (non-hydrogen) atoms. The smallest absolute Gasteiger partial charge is 0.234 e. The summed E-state index contributed by atoms with van der Waals surface area (Å²) in [5.74, 6) is 1.54. The molecule has 5 nitrogen and oxygen atoms in total. The molecule has 0 radical (unpaired) electrons. The van der Waals surface area contributed by atoms with E-state index in [0.717, 1.165) is 28.8 Å². The van der Waals surface area contributed by atoms with Gasteiger partial charge < -0.3 is 9.88 Å². The molecule has 0 aliphatic heterocycles. The lowest BCUT2D eigenvalue weighted by Gasteiger charge is -2.13. The number of carbonyl (C=O) groups is 1. The third kappa shape index (κ3) is 3.88. The van der Waals surface area contributed by atoms with Crippen LogP contribution in [0.2, 0.25) is 0 Å². The Morgan fingerprint density at radius 3 is 2.73 bits per heavy atom. The van der Waals surface area contributed by atoms with Crippen molar-refractivity contribution in [3.8, 4) is 0 Å². The van der Waals surface area contributed by atoms with Crippen molar-refractivity contribution >= 4 is 23.4 Å². The van der Waals surface area contributed by atoms with E-state index in [2.05, 4.69) is 29.4 Å². The Hall–Kier alpha value is -1.82. The maximum absolute atomic E-state index is 12.2. The van der Waals surface area contributed by atoms with Crippen LogP contribution in [0.1, 0.15) is 38.1 Å². The Morgan fingerprint density at radius 2 is 2.05 bits per heavy atom. The SMILES string of the molecule is CCn1c(C)nnc1SCC(=O)Nc1ccccc1C(C)C. The minimum atomic E-state index is -0.0265. The molecule has 118 valence electrons. The van der Waals surface area contributed by atoms with Gasteiger partial charge in [-0.2, -0.15) is 0 Å². The monoisotopic (exact) mass is 318 g/mol. The van der Waals surface area contributed by atoms with Crippen LogP contribution in [0.15, 0.2) is 29.4 Å². The van der Waals surface area contributed by atoms with E-state index in [1.807, 2.05) is 42.7 Å². The minimum absolute atomic E-state index is 0.0265. The van der Waals surface area contributed by atoms with Crippen LogP contribution in [0.3, 0.4) is 0 Å². The third-order valence-corrected chi connectivity index (χ3v) is 4.37. The molecule has 0 saturated heterocycles. The Bertz CT molecular complexity index is 651. The fourth-order valence-electron chi connectivity index (χ4n) is 2.26. The number of amides is 1. The van der Waals surface area contributed by atoms with E-state index in [9.17, 15) is 4.79 Å². The standard InChI is InChI=1S/C16H22N4OS/c1-5-20-12(4)18-19-16(20)22-10-15(21)17-14-9-7-6-8-13(14)11(2)3/h6-9,11H,5,10H2,1-4H3,(H,17,21). The maximum Gasteiger partial charge on any atom is 0.234 e. The van der Waals surface area contributed by atoms with Crippen LogP contribution in [0.4, 0.5) is 5.69 Å². The molecule has 2 aromatic rings. The predicted octanol–water partition coefficient (Wildman–Crippen LogP) is 3.46. The van der Waals surface area contributed by atoms with Crippen molar-refractivity contribution in [3.05, 3.63) is 35.7 Å². The zero-order valence-electron chi connectivity index (χ0n) is 13.5. The highest BCUT2D eigenvalue weighted by atomic mass is 32.2. The van der Waals surface area contributed by atoms with Crippen molar-refractivity contribution in [3.63, 3.8) is 0 Å². The van der Waals surface area contributed by atoms with Crippen molar-refractivity contribution < 1.29 is 4.79 Å². The number of aryl methyl sites for hydroxylation is 1. The predicted molar refractivity (Wildman–Crippen MR) is 90.3 cm³/mol. The van der Waals surface area contributed by atoms with E-state index in [1.54, 1.807) is 0 Å². The van der Waals surface area contributed by atoms with Gasteiger partial charge in [-0.25, -0.2) is 0 Å². The van der Waals surface area contributed by atoms with Gasteiger partial charge in [0, 0.05) is 12.2 Å². The second kappa shape index (κ2) is 7.45. The fraction of sp³-hybridized carbons (Fsp3) is 0.438. The number of nitrogens with zero attached hydrogens (tertiary/aromatic N) is 3. The van der Waals surface area contributed by atoms with Gasteiger partial charge >= 0.3 is 0 Å². The number of hydrogen-bond donors (Lipinski definition) is 1. The summed E-state index contributed by atoms with van der Waals surface area (Å²) in [5.41, 5.74) is 2.03. The van der Waals surface area contributed by atoms with Gasteiger partial charge in [-0.05, 0) is 31.4 Å². The number of carbonyl (C=O) groups excluding carboxylic acids is 1. The average molecular weight is 318 g/mol. The molecule has 2 rings (SSSR count). The first kappa shape index (κ1) is 16.5. The topological polar surface area (TPSA) is 59.8 Å². The lowest BCUT2D eigenvalue weighted by molar-refractivity contribution is -0.113. The van der Waals surface area contributed by atoms with Gasteiger partial charge in [-0.3, -0.25) is 4.79 Å². The van der Waals surface area contributed by atoms with Crippen molar-refractivity contribution in [2.75, 3.05) is 11.1 Å². The van der Waals surface area contributed by atoms with Crippen LogP contribution in [0.5, 0.6) is 0 Å². The summed E-state index contributed by atoms with van der Waals surface area (Å²) in [6.45, 7) is 9.00. The molecule has 0 saturated carbocycles. The van der Waals surface area contributed by atoms with Crippen LogP contribution >= 0.6 is 11.8 Å². The first-order valence-corrected chi connectivity index (χ1v) is 8.42. The summed E-state index contributed by atoms with van der Waals surface area (Å²) in [6.07, 6.45) is 0. The van der Waals surface area contributed by atoms with Gasteiger partial charge in [0.05, 0.1) is 5.75 Å². The molecule has 1 heterocycles. The third-order valence-electron chi connectivity index (χ3n) is 3.41. The zero-order valence-corrected chi connectivity index (χ0v) is 14.3. The van der Waals surface area contributed by atoms with Crippen LogP contribution in [-0.2, 0) is 11.3 Å². The van der Waals surface area contributed by atoms with Crippen molar-refractivity contribution in [1.82, 2.24) is 14.8 Å². The summed E-state index contributed by atoms with van der Waals surface area (Å²) >= 11 is 1.41. The number of benzene rings is 1. The van der Waals surface area contributed by atoms with Crippen molar-refractivity contribution in [2.24, 2.45) is 0 Å². The van der Waals surface area contributed by atoms with Crippen LogP contribution in [0.25, 0.3) is 0 Å². The Kier molecular flexibility index (Phi) is 5.60. The largest absolute Gasteiger partial charge is 0.325 e. The van der Waals surface area contributed by atoms with Gasteiger partial charge in [0.15, 0.2) is 5.16 Å². The molecule has 0 fully saturated rings. The van der Waals surface area contributed by atoms with E-state index < -0.39 is 0 Å². The van der Waals surface area contributed by atoms with E-state index in [-0.39, 0.29) is 5.91 Å². The highest BCUT2D eigenvalue weighted by Gasteiger charge is 2.12. The number of rotatable bonds is 6. The molecule has 0 spiro atoms. The molecular weight excluding hydrogens is 296 g/mol. The van der Waals surface area contributed by atoms with E-state index in [1.165, 1.54) is 11.8 Å². The fourth-order valence-corrected chi connectivity index (χ4v) is 3.11. The Labute approximate surface area is 135 Å². The Balaban J connectivity index is 1.99. The van der Waals surface area contributed by atoms with Gasteiger partial charge in [0.25, 0.3) is 0 Å². The molecule has 0 bridgehead atoms. The molecule has 0 atom stereocenters. The molecule has 6 heteroatoms. The normalized spacial score (nSPS) is 11.0. The first-order valence-electron chi connectivity index (χ1n) is 7.44. The second-order valence-electron chi connectivity index (χ2n) is 5.35. The number of nitrogens with one attached hydrogen (secondary N) is 1. The summed E-state index contributed by atoms with van der Waals surface area (Å²) in [6, 6.07) is 7.92. The number of thioether (sulfide) groups is 1. The Morgan fingerprint density at radius 1 is 1.32 bits per heavy atom. The lowest BCUT2D eigenvalue weighted by atomic mass is 10.0. The molecule has 1 N–H and O–H groups in total. The number of para-hydroxylation sites is 1. The molecule has 0 aliphatic rings. The van der Waals surface area contributed by atoms with Gasteiger partial charge in [-0.15, -0.1) is 10.2 Å².